The summed E-state index contributed by atoms with van der Waals surface area (Å²) in [5, 5.41) is 0. The van der Waals surface area contributed by atoms with Gasteiger partial charge in [-0.2, -0.15) is 12.6 Å². The maximum atomic E-state index is 12.3. The van der Waals surface area contributed by atoms with Crippen LogP contribution >= 0.6 is 12.6 Å². The van der Waals surface area contributed by atoms with Crippen LogP contribution in [0, 0.1) is 5.92 Å². The number of carbonyl (C=O) groups excluding carboxylic acids is 1. The van der Waals surface area contributed by atoms with Crippen molar-refractivity contribution >= 4 is 18.6 Å². The molecule has 30 heavy (non-hydrogen) atoms. The van der Waals surface area contributed by atoms with Crippen LogP contribution in [-0.2, 0) is 9.53 Å². The van der Waals surface area contributed by atoms with Crippen molar-refractivity contribution in [2.24, 2.45) is 5.92 Å². The first-order valence-corrected chi connectivity index (χ1v) is 14.2. The first kappa shape index (κ1) is 29.8. The molecule has 0 aliphatic heterocycles. The smallest absolute Gasteiger partial charge is 0.309 e. The van der Waals surface area contributed by atoms with Crippen LogP contribution < -0.4 is 0 Å². The van der Waals surface area contributed by atoms with E-state index < -0.39 is 0 Å². The van der Waals surface area contributed by atoms with E-state index in [2.05, 4.69) is 26.5 Å². The number of unbranched alkanes of at least 4 members (excludes halogenated alkanes) is 18. The molecule has 0 aromatic heterocycles. The quantitative estimate of drug-likeness (QED) is 0.0915. The van der Waals surface area contributed by atoms with Gasteiger partial charge in [0.1, 0.15) is 0 Å². The van der Waals surface area contributed by atoms with Crippen molar-refractivity contribution in [1.29, 1.82) is 0 Å². The highest BCUT2D eigenvalue weighted by Gasteiger charge is 2.17. The third-order valence-corrected chi connectivity index (χ3v) is 6.64. The predicted molar refractivity (Wildman–Crippen MR) is 137 cm³/mol. The van der Waals surface area contributed by atoms with Gasteiger partial charge in [-0.05, 0) is 12.8 Å². The van der Waals surface area contributed by atoms with Crippen LogP contribution in [-0.4, -0.2) is 18.3 Å². The van der Waals surface area contributed by atoms with Crippen molar-refractivity contribution in [3.8, 4) is 0 Å². The second-order valence-electron chi connectivity index (χ2n) is 9.20. The molecule has 0 rings (SSSR count). The van der Waals surface area contributed by atoms with Crippen LogP contribution in [0.2, 0.25) is 0 Å². The lowest BCUT2D eigenvalue weighted by Crippen LogP contribution is -2.20. The molecule has 2 nitrogen and oxygen atoms in total. The summed E-state index contributed by atoms with van der Waals surface area (Å²) in [5.41, 5.74) is 0. The van der Waals surface area contributed by atoms with Gasteiger partial charge in [0.05, 0.1) is 12.5 Å². The number of carbonyl (C=O) groups is 1. The van der Waals surface area contributed by atoms with Gasteiger partial charge >= 0.3 is 5.97 Å². The summed E-state index contributed by atoms with van der Waals surface area (Å²) >= 11 is 4.39. The molecule has 1 atom stereocenters. The average Bonchev–Trinajstić information content (AvgIpc) is 2.75. The fourth-order valence-corrected chi connectivity index (χ4v) is 4.37. The van der Waals surface area contributed by atoms with E-state index in [1.807, 2.05) is 0 Å². The first-order valence-electron chi connectivity index (χ1n) is 13.5. The molecule has 1 unspecified atom stereocenters. The maximum absolute atomic E-state index is 12.3. The van der Waals surface area contributed by atoms with Gasteiger partial charge in [-0.25, -0.2) is 0 Å². The Kier molecular flexibility index (Phi) is 24.9. The zero-order chi connectivity index (χ0) is 22.1. The molecule has 0 radical (unpaired) electrons. The van der Waals surface area contributed by atoms with Gasteiger partial charge in [0, 0.05) is 5.75 Å². The molecule has 0 heterocycles. The number of thiol groups is 1. The lowest BCUT2D eigenvalue weighted by Gasteiger charge is -2.13. The van der Waals surface area contributed by atoms with Gasteiger partial charge in [0.2, 0.25) is 0 Å². The van der Waals surface area contributed by atoms with Crippen LogP contribution in [0.25, 0.3) is 0 Å². The third-order valence-electron chi connectivity index (χ3n) is 6.20. The Morgan fingerprint density at radius 3 is 1.37 bits per heavy atom. The van der Waals surface area contributed by atoms with Crippen LogP contribution in [0.5, 0.6) is 0 Å². The van der Waals surface area contributed by atoms with Gasteiger partial charge < -0.3 is 4.74 Å². The first-order chi connectivity index (χ1) is 14.8. The van der Waals surface area contributed by atoms with Crippen LogP contribution in [0.3, 0.4) is 0 Å². The van der Waals surface area contributed by atoms with Gasteiger partial charge in [0.25, 0.3) is 0 Å². The summed E-state index contributed by atoms with van der Waals surface area (Å²) in [4.78, 5) is 12.3. The normalized spacial score (nSPS) is 12.2. The molecule has 0 aliphatic rings. The monoisotopic (exact) mass is 442 g/mol. The predicted octanol–water partition coefficient (Wildman–Crippen LogP) is 9.31. The van der Waals surface area contributed by atoms with E-state index in [9.17, 15) is 4.79 Å². The van der Waals surface area contributed by atoms with Crippen LogP contribution in [0.15, 0.2) is 0 Å². The van der Waals surface area contributed by atoms with Gasteiger partial charge in [-0.15, -0.1) is 0 Å². The molecule has 0 aromatic rings. The van der Waals surface area contributed by atoms with Gasteiger partial charge in [-0.1, -0.05) is 136 Å². The van der Waals surface area contributed by atoms with E-state index in [1.54, 1.807) is 0 Å². The molecule has 0 amide bonds. The number of esters is 1. The average molecular weight is 443 g/mol. The molecule has 0 spiro atoms. The second-order valence-corrected chi connectivity index (χ2v) is 9.56. The van der Waals surface area contributed by atoms with E-state index in [-0.39, 0.29) is 11.9 Å². The van der Waals surface area contributed by atoms with Crippen LogP contribution in [0.1, 0.15) is 149 Å². The van der Waals surface area contributed by atoms with Crippen molar-refractivity contribution in [2.45, 2.75) is 149 Å². The molecule has 0 aliphatic carbocycles. The zero-order valence-corrected chi connectivity index (χ0v) is 21.5. The number of rotatable bonds is 24. The minimum absolute atomic E-state index is 0.00880. The SMILES string of the molecule is CCCCCCCCCCCCOC(=O)C(CS)CCCCCCCCCCCC. The maximum Gasteiger partial charge on any atom is 0.309 e. The highest BCUT2D eigenvalue weighted by atomic mass is 32.1. The molecule has 0 aromatic carbocycles. The van der Waals surface area contributed by atoms with Gasteiger partial charge in [0.15, 0.2) is 0 Å². The molecule has 0 saturated carbocycles. The van der Waals surface area contributed by atoms with Crippen molar-refractivity contribution in [1.82, 2.24) is 0 Å². The fourth-order valence-electron chi connectivity index (χ4n) is 4.04. The number of hydrogen-bond donors (Lipinski definition) is 1. The molecule has 3 heteroatoms. The van der Waals surface area contributed by atoms with Gasteiger partial charge in [-0.3, -0.25) is 4.79 Å². The lowest BCUT2D eigenvalue weighted by molar-refractivity contribution is -0.148. The highest BCUT2D eigenvalue weighted by Crippen LogP contribution is 2.17. The second kappa shape index (κ2) is 25.1. The largest absolute Gasteiger partial charge is 0.465 e. The molecule has 0 N–H and O–H groups in total. The Bertz CT molecular complexity index is 346. The van der Waals surface area contributed by atoms with Crippen molar-refractivity contribution in [3.63, 3.8) is 0 Å². The standard InChI is InChI=1S/C27H54O2S/c1-3-5-7-9-11-13-15-17-19-21-23-26(25-30)27(28)29-24-22-20-18-16-14-12-10-8-6-4-2/h26,30H,3-25H2,1-2H3. The Morgan fingerprint density at radius 2 is 0.967 bits per heavy atom. The topological polar surface area (TPSA) is 26.3 Å². The lowest BCUT2D eigenvalue weighted by atomic mass is 10.0. The molecule has 180 valence electrons. The van der Waals surface area contributed by atoms with Crippen molar-refractivity contribution in [3.05, 3.63) is 0 Å². The summed E-state index contributed by atoms with van der Waals surface area (Å²) in [5.74, 6) is 0.594. The van der Waals surface area contributed by atoms with E-state index in [0.29, 0.717) is 12.4 Å². The summed E-state index contributed by atoms with van der Waals surface area (Å²) in [6, 6.07) is 0. The van der Waals surface area contributed by atoms with E-state index in [1.165, 1.54) is 116 Å². The summed E-state index contributed by atoms with van der Waals surface area (Å²) in [6.07, 6.45) is 27.3. The highest BCUT2D eigenvalue weighted by molar-refractivity contribution is 7.80. The zero-order valence-electron chi connectivity index (χ0n) is 20.6. The Hall–Kier alpha value is -0.180. The molecular weight excluding hydrogens is 388 g/mol. The minimum atomic E-state index is -0.0168. The van der Waals surface area contributed by atoms with Crippen LogP contribution in [0.4, 0.5) is 0 Å². The minimum Gasteiger partial charge on any atom is -0.465 e. The Labute approximate surface area is 195 Å². The Balaban J connectivity index is 3.46. The summed E-state index contributed by atoms with van der Waals surface area (Å²) < 4.78 is 5.52. The van der Waals surface area contributed by atoms with Crippen molar-refractivity contribution in [2.75, 3.05) is 12.4 Å². The molecule has 0 fully saturated rings. The van der Waals surface area contributed by atoms with E-state index in [0.717, 1.165) is 19.3 Å². The van der Waals surface area contributed by atoms with E-state index in [4.69, 9.17) is 4.74 Å². The fraction of sp³-hybridized carbons (Fsp3) is 0.963. The molecular formula is C27H54O2S. The molecule has 0 saturated heterocycles. The Morgan fingerprint density at radius 1 is 0.600 bits per heavy atom. The molecule has 0 bridgehead atoms. The third kappa shape index (κ3) is 21.1. The summed E-state index contributed by atoms with van der Waals surface area (Å²) in [6.45, 7) is 5.13. The number of hydrogen-bond acceptors (Lipinski definition) is 3. The number of ether oxygens (including phenoxy) is 1. The van der Waals surface area contributed by atoms with Crippen molar-refractivity contribution < 1.29 is 9.53 Å². The van der Waals surface area contributed by atoms with E-state index >= 15 is 0 Å². The summed E-state index contributed by atoms with van der Waals surface area (Å²) in [7, 11) is 0.